The lowest BCUT2D eigenvalue weighted by Gasteiger charge is -2.09. The van der Waals surface area contributed by atoms with Gasteiger partial charge >= 0.3 is 0 Å². The van der Waals surface area contributed by atoms with Crippen LogP contribution < -0.4 is 4.74 Å². The van der Waals surface area contributed by atoms with Crippen LogP contribution in [-0.2, 0) is 6.42 Å². The van der Waals surface area contributed by atoms with Crippen molar-refractivity contribution < 1.29 is 18.8 Å². The second-order valence-corrected chi connectivity index (χ2v) is 5.27. The summed E-state index contributed by atoms with van der Waals surface area (Å²) in [5.41, 5.74) is 2.60. The van der Waals surface area contributed by atoms with Gasteiger partial charge in [0, 0.05) is 17.2 Å². The van der Waals surface area contributed by atoms with Gasteiger partial charge in [0.05, 0.1) is 7.11 Å². The maximum absolute atomic E-state index is 13.0. The fourth-order valence-corrected chi connectivity index (χ4v) is 2.45. The van der Waals surface area contributed by atoms with E-state index in [1.807, 2.05) is 6.07 Å². The van der Waals surface area contributed by atoms with Crippen LogP contribution in [0.5, 0.6) is 11.5 Å². The van der Waals surface area contributed by atoms with Crippen molar-refractivity contribution in [3.05, 3.63) is 66.5 Å². The Labute approximate surface area is 138 Å². The van der Waals surface area contributed by atoms with E-state index in [1.54, 1.807) is 30.3 Å². The third-order valence-corrected chi connectivity index (χ3v) is 3.65. The van der Waals surface area contributed by atoms with Gasteiger partial charge in [0.2, 0.25) is 0 Å². The highest BCUT2D eigenvalue weighted by Gasteiger charge is 2.16. The molecule has 0 saturated heterocycles. The summed E-state index contributed by atoms with van der Waals surface area (Å²) in [6, 6.07) is 11.2. The van der Waals surface area contributed by atoms with Gasteiger partial charge in [0.25, 0.3) is 0 Å². The van der Waals surface area contributed by atoms with Crippen LogP contribution in [0, 0.1) is 5.82 Å². The van der Waals surface area contributed by atoms with Crippen LogP contribution in [0.2, 0.25) is 0 Å². The summed E-state index contributed by atoms with van der Waals surface area (Å²) in [5.74, 6) is 0.510. The van der Waals surface area contributed by atoms with E-state index in [1.165, 1.54) is 19.2 Å². The van der Waals surface area contributed by atoms with E-state index in [0.717, 1.165) is 5.56 Å². The number of aromatic hydroxyl groups is 1. The van der Waals surface area contributed by atoms with E-state index in [9.17, 15) is 9.50 Å². The molecule has 122 valence electrons. The van der Waals surface area contributed by atoms with Crippen molar-refractivity contribution in [3.8, 4) is 34.1 Å². The Hall–Kier alpha value is -3.08. The van der Waals surface area contributed by atoms with Crippen LogP contribution in [0.4, 0.5) is 4.39 Å². The first-order valence-corrected chi connectivity index (χ1v) is 7.36. The van der Waals surface area contributed by atoms with Gasteiger partial charge < -0.3 is 14.4 Å². The number of aromatic nitrogens is 1. The monoisotopic (exact) mass is 325 g/mol. The molecule has 0 amide bonds. The molecular formula is C19H16FNO3. The SMILES string of the molecule is C=CCc1cc(OC)c(O)c(-c2cc(-c3ccc(F)cc3)on2)c1. The first kappa shape index (κ1) is 15.8. The molecule has 24 heavy (non-hydrogen) atoms. The van der Waals surface area contributed by atoms with Gasteiger partial charge in [-0.25, -0.2) is 4.39 Å². The number of hydrogen-bond donors (Lipinski definition) is 1. The highest BCUT2D eigenvalue weighted by atomic mass is 19.1. The standard InChI is InChI=1S/C19H16FNO3/c1-3-4-12-9-15(19(22)18(10-12)23-2)16-11-17(24-21-16)13-5-7-14(20)8-6-13/h3,5-11,22H,1,4H2,2H3. The van der Waals surface area contributed by atoms with Gasteiger partial charge in [-0.1, -0.05) is 11.2 Å². The molecule has 0 spiro atoms. The van der Waals surface area contributed by atoms with Crippen LogP contribution in [-0.4, -0.2) is 17.4 Å². The van der Waals surface area contributed by atoms with Crippen LogP contribution in [0.1, 0.15) is 5.56 Å². The first-order chi connectivity index (χ1) is 11.6. The zero-order valence-electron chi connectivity index (χ0n) is 13.1. The van der Waals surface area contributed by atoms with Crippen LogP contribution in [0.15, 0.2) is 59.6 Å². The van der Waals surface area contributed by atoms with Crippen molar-refractivity contribution >= 4 is 0 Å². The average Bonchev–Trinajstić information content (AvgIpc) is 3.07. The molecule has 0 atom stereocenters. The van der Waals surface area contributed by atoms with E-state index in [2.05, 4.69) is 11.7 Å². The van der Waals surface area contributed by atoms with Crippen LogP contribution in [0.3, 0.4) is 0 Å². The number of methoxy groups -OCH3 is 1. The fourth-order valence-electron chi connectivity index (χ4n) is 2.45. The molecule has 1 N–H and O–H groups in total. The Morgan fingerprint density at radius 1 is 1.25 bits per heavy atom. The Kier molecular flexibility index (Phi) is 4.33. The summed E-state index contributed by atoms with van der Waals surface area (Å²) in [7, 11) is 1.49. The molecule has 0 bridgehead atoms. The Bertz CT molecular complexity index is 869. The van der Waals surface area contributed by atoms with Crippen molar-refractivity contribution in [1.29, 1.82) is 0 Å². The minimum absolute atomic E-state index is 0.00994. The van der Waals surface area contributed by atoms with E-state index >= 15 is 0 Å². The third-order valence-electron chi connectivity index (χ3n) is 3.65. The highest BCUT2D eigenvalue weighted by Crippen LogP contribution is 2.39. The summed E-state index contributed by atoms with van der Waals surface area (Å²) in [4.78, 5) is 0. The van der Waals surface area contributed by atoms with Gasteiger partial charge in [-0.05, 0) is 48.4 Å². The summed E-state index contributed by atoms with van der Waals surface area (Å²) in [6.07, 6.45) is 2.40. The van der Waals surface area contributed by atoms with Crippen molar-refractivity contribution in [1.82, 2.24) is 5.16 Å². The van der Waals surface area contributed by atoms with Gasteiger partial charge in [0.15, 0.2) is 17.3 Å². The number of nitrogens with zero attached hydrogens (tertiary/aromatic N) is 1. The summed E-state index contributed by atoms with van der Waals surface area (Å²) < 4.78 is 23.6. The zero-order valence-corrected chi connectivity index (χ0v) is 13.1. The van der Waals surface area contributed by atoms with Gasteiger partial charge in [-0.3, -0.25) is 0 Å². The molecule has 3 aromatic rings. The van der Waals surface area contributed by atoms with Gasteiger partial charge in [-0.15, -0.1) is 6.58 Å². The zero-order chi connectivity index (χ0) is 17.1. The number of phenolic OH excluding ortho intramolecular Hbond substituents is 1. The van der Waals surface area contributed by atoms with Crippen LogP contribution in [0.25, 0.3) is 22.6 Å². The Morgan fingerprint density at radius 2 is 2.00 bits per heavy atom. The highest BCUT2D eigenvalue weighted by molar-refractivity contribution is 5.74. The largest absolute Gasteiger partial charge is 0.504 e. The van der Waals surface area contributed by atoms with Crippen molar-refractivity contribution in [2.45, 2.75) is 6.42 Å². The molecule has 1 heterocycles. The number of rotatable bonds is 5. The predicted molar refractivity (Wildman–Crippen MR) is 89.5 cm³/mol. The molecule has 0 unspecified atom stereocenters. The normalized spacial score (nSPS) is 10.6. The number of hydrogen-bond acceptors (Lipinski definition) is 4. The Balaban J connectivity index is 2.04. The summed E-state index contributed by atoms with van der Waals surface area (Å²) >= 11 is 0. The molecule has 0 saturated carbocycles. The van der Waals surface area contributed by atoms with Crippen molar-refractivity contribution in [2.75, 3.05) is 7.11 Å². The maximum atomic E-state index is 13.0. The molecule has 2 aromatic carbocycles. The van der Waals surface area contributed by atoms with Gasteiger partial charge in [-0.2, -0.15) is 0 Å². The summed E-state index contributed by atoms with van der Waals surface area (Å²) in [6.45, 7) is 3.72. The molecule has 0 fully saturated rings. The van der Waals surface area contributed by atoms with Crippen molar-refractivity contribution in [2.24, 2.45) is 0 Å². The molecule has 0 aliphatic heterocycles. The quantitative estimate of drug-likeness (QED) is 0.697. The van der Waals surface area contributed by atoms with E-state index in [4.69, 9.17) is 9.26 Å². The minimum atomic E-state index is -0.321. The molecule has 0 aliphatic rings. The summed E-state index contributed by atoms with van der Waals surface area (Å²) in [5, 5.41) is 14.4. The topological polar surface area (TPSA) is 55.5 Å². The number of ether oxygens (including phenoxy) is 1. The molecule has 0 aliphatic carbocycles. The first-order valence-electron chi connectivity index (χ1n) is 7.36. The second kappa shape index (κ2) is 6.58. The molecular weight excluding hydrogens is 309 g/mol. The molecule has 5 heteroatoms. The van der Waals surface area contributed by atoms with Crippen LogP contribution >= 0.6 is 0 Å². The maximum Gasteiger partial charge on any atom is 0.167 e. The van der Waals surface area contributed by atoms with Gasteiger partial charge in [0.1, 0.15) is 11.5 Å². The number of benzene rings is 2. The van der Waals surface area contributed by atoms with Crippen molar-refractivity contribution in [3.63, 3.8) is 0 Å². The average molecular weight is 325 g/mol. The Morgan fingerprint density at radius 3 is 2.67 bits per heavy atom. The van der Waals surface area contributed by atoms with E-state index in [0.29, 0.717) is 34.8 Å². The van der Waals surface area contributed by atoms with E-state index in [-0.39, 0.29) is 11.6 Å². The lowest BCUT2D eigenvalue weighted by Crippen LogP contribution is -1.91. The molecule has 0 radical (unpaired) electrons. The predicted octanol–water partition coefficient (Wildman–Crippen LogP) is 4.59. The fraction of sp³-hybridized carbons (Fsp3) is 0.105. The molecule has 4 nitrogen and oxygen atoms in total. The lowest BCUT2D eigenvalue weighted by atomic mass is 10.0. The number of phenols is 1. The smallest absolute Gasteiger partial charge is 0.167 e. The number of halogens is 1. The minimum Gasteiger partial charge on any atom is -0.504 e. The second-order valence-electron chi connectivity index (χ2n) is 5.27. The third kappa shape index (κ3) is 3.01. The lowest BCUT2D eigenvalue weighted by molar-refractivity contribution is 0.373. The number of allylic oxidation sites excluding steroid dienone is 1. The van der Waals surface area contributed by atoms with E-state index < -0.39 is 0 Å². The molecule has 3 rings (SSSR count). The molecule has 1 aromatic heterocycles.